The van der Waals surface area contributed by atoms with Gasteiger partial charge in [0.15, 0.2) is 11.6 Å². The van der Waals surface area contributed by atoms with Crippen molar-refractivity contribution in [3.8, 4) is 0 Å². The lowest BCUT2D eigenvalue weighted by Crippen LogP contribution is -2.50. The highest BCUT2D eigenvalue weighted by atomic mass is 16.3. The van der Waals surface area contributed by atoms with Crippen molar-refractivity contribution in [2.24, 2.45) is 0 Å². The zero-order valence-electron chi connectivity index (χ0n) is 16.9. The van der Waals surface area contributed by atoms with Crippen LogP contribution in [0, 0.1) is 0 Å². The lowest BCUT2D eigenvalue weighted by molar-refractivity contribution is 0.0556. The maximum atomic E-state index is 12.6. The molecule has 1 amide bonds. The van der Waals surface area contributed by atoms with Crippen LogP contribution in [0.2, 0.25) is 0 Å². The van der Waals surface area contributed by atoms with Gasteiger partial charge in [0, 0.05) is 38.6 Å². The minimum atomic E-state index is -0.254. The van der Waals surface area contributed by atoms with Crippen LogP contribution in [-0.4, -0.2) is 67.1 Å². The van der Waals surface area contributed by atoms with Crippen molar-refractivity contribution in [1.29, 1.82) is 0 Å². The number of carbonyl (C=O) groups excluding carboxylic acids is 1. The van der Waals surface area contributed by atoms with E-state index < -0.39 is 0 Å². The number of nitrogens with zero attached hydrogens (tertiary/aromatic N) is 7. The third-order valence-electron chi connectivity index (χ3n) is 5.07. The molecular formula is C20H25N7O2. The number of amides is 1. The van der Waals surface area contributed by atoms with E-state index >= 15 is 0 Å². The molecule has 0 aromatic carbocycles. The first-order chi connectivity index (χ1) is 13.9. The fraction of sp³-hybridized carbons (Fsp3) is 0.450. The van der Waals surface area contributed by atoms with Gasteiger partial charge in [0.05, 0.1) is 17.8 Å². The number of furan rings is 1. The van der Waals surface area contributed by atoms with E-state index in [-0.39, 0.29) is 17.5 Å². The van der Waals surface area contributed by atoms with Crippen molar-refractivity contribution < 1.29 is 9.21 Å². The average molecular weight is 395 g/mol. The van der Waals surface area contributed by atoms with Crippen LogP contribution in [0.1, 0.15) is 48.8 Å². The largest absolute Gasteiger partial charge is 0.459 e. The molecule has 1 aliphatic heterocycles. The zero-order chi connectivity index (χ0) is 20.4. The molecule has 4 rings (SSSR count). The molecule has 0 spiro atoms. The minimum absolute atomic E-state index is 0.0768. The molecule has 1 fully saturated rings. The number of piperazine rings is 1. The van der Waals surface area contributed by atoms with Crippen molar-refractivity contribution in [1.82, 2.24) is 35.0 Å². The predicted octanol–water partition coefficient (Wildman–Crippen LogP) is 1.96. The van der Waals surface area contributed by atoms with Gasteiger partial charge in [-0.15, -0.1) is 5.10 Å². The molecule has 29 heavy (non-hydrogen) atoms. The molecule has 0 saturated carbocycles. The van der Waals surface area contributed by atoms with Crippen LogP contribution >= 0.6 is 0 Å². The second-order valence-corrected chi connectivity index (χ2v) is 8.11. The summed E-state index contributed by atoms with van der Waals surface area (Å²) in [5.74, 6) is 1.07. The molecular weight excluding hydrogens is 370 g/mol. The maximum Gasteiger partial charge on any atom is 0.289 e. The van der Waals surface area contributed by atoms with E-state index in [4.69, 9.17) is 4.42 Å². The van der Waals surface area contributed by atoms with Gasteiger partial charge in [-0.2, -0.15) is 0 Å². The predicted molar refractivity (Wildman–Crippen MR) is 105 cm³/mol. The summed E-state index contributed by atoms with van der Waals surface area (Å²) in [6.45, 7) is 8.83. The van der Waals surface area contributed by atoms with Gasteiger partial charge in [-0.05, 0) is 55.0 Å². The summed E-state index contributed by atoms with van der Waals surface area (Å²) in [6, 6.07) is 7.25. The first kappa shape index (κ1) is 19.3. The van der Waals surface area contributed by atoms with E-state index in [1.165, 1.54) is 6.26 Å². The van der Waals surface area contributed by atoms with Gasteiger partial charge < -0.3 is 9.32 Å². The fourth-order valence-electron chi connectivity index (χ4n) is 3.64. The van der Waals surface area contributed by atoms with Crippen molar-refractivity contribution in [3.63, 3.8) is 0 Å². The van der Waals surface area contributed by atoms with Crippen molar-refractivity contribution in [2.75, 3.05) is 26.2 Å². The Bertz CT molecular complexity index is 939. The van der Waals surface area contributed by atoms with E-state index in [9.17, 15) is 4.79 Å². The summed E-state index contributed by atoms with van der Waals surface area (Å²) in [5.41, 5.74) is 0.773. The molecule has 3 aromatic rings. The Labute approximate surface area is 169 Å². The normalized spacial score (nSPS) is 16.7. The number of pyridine rings is 1. The summed E-state index contributed by atoms with van der Waals surface area (Å²) in [6.07, 6.45) is 5.13. The van der Waals surface area contributed by atoms with Crippen LogP contribution < -0.4 is 0 Å². The Morgan fingerprint density at radius 1 is 1.14 bits per heavy atom. The molecule has 0 unspecified atom stereocenters. The van der Waals surface area contributed by atoms with Gasteiger partial charge >= 0.3 is 0 Å². The second kappa shape index (κ2) is 7.75. The highest BCUT2D eigenvalue weighted by Gasteiger charge is 2.34. The van der Waals surface area contributed by atoms with E-state index in [1.54, 1.807) is 18.3 Å². The highest BCUT2D eigenvalue weighted by Crippen LogP contribution is 2.30. The van der Waals surface area contributed by atoms with Gasteiger partial charge in [0.1, 0.15) is 0 Å². The smallest absolute Gasteiger partial charge is 0.289 e. The Morgan fingerprint density at radius 3 is 2.55 bits per heavy atom. The standard InChI is InChI=1S/C20H25N7O2/c1-20(2,3)27-18(22-23-24-27)17(15-6-4-8-21-14-15)25-9-11-26(12-10-25)19(28)16-7-5-13-29-16/h4-8,13-14,17H,9-12H2,1-3H3/t17-/m0/s1. The van der Waals surface area contributed by atoms with Gasteiger partial charge in [-0.1, -0.05) is 6.07 Å². The first-order valence-electron chi connectivity index (χ1n) is 9.70. The summed E-state index contributed by atoms with van der Waals surface area (Å²) >= 11 is 0. The average Bonchev–Trinajstić information content (AvgIpc) is 3.41. The maximum absolute atomic E-state index is 12.6. The van der Waals surface area contributed by atoms with Crippen LogP contribution in [0.25, 0.3) is 0 Å². The van der Waals surface area contributed by atoms with E-state index in [0.29, 0.717) is 31.9 Å². The van der Waals surface area contributed by atoms with Crippen molar-refractivity contribution in [2.45, 2.75) is 32.4 Å². The molecule has 0 bridgehead atoms. The molecule has 9 heteroatoms. The lowest BCUT2D eigenvalue weighted by atomic mass is 10.0. The third kappa shape index (κ3) is 3.91. The molecule has 1 atom stereocenters. The quantitative estimate of drug-likeness (QED) is 0.667. The summed E-state index contributed by atoms with van der Waals surface area (Å²) < 4.78 is 7.13. The molecule has 152 valence electrons. The monoisotopic (exact) mass is 395 g/mol. The number of carbonyl (C=O) groups is 1. The first-order valence-corrected chi connectivity index (χ1v) is 9.70. The number of rotatable bonds is 4. The van der Waals surface area contributed by atoms with Gasteiger partial charge in [0.2, 0.25) is 0 Å². The molecule has 0 radical (unpaired) electrons. The van der Waals surface area contributed by atoms with Crippen LogP contribution in [0.5, 0.6) is 0 Å². The number of tetrazole rings is 1. The molecule has 9 nitrogen and oxygen atoms in total. The summed E-state index contributed by atoms with van der Waals surface area (Å²) in [7, 11) is 0. The minimum Gasteiger partial charge on any atom is -0.459 e. The van der Waals surface area contributed by atoms with Crippen LogP contribution in [0.4, 0.5) is 0 Å². The van der Waals surface area contributed by atoms with Gasteiger partial charge in [0.25, 0.3) is 5.91 Å². The van der Waals surface area contributed by atoms with Crippen LogP contribution in [-0.2, 0) is 5.54 Å². The molecule has 1 aliphatic rings. The lowest BCUT2D eigenvalue weighted by Gasteiger charge is -2.39. The van der Waals surface area contributed by atoms with E-state index in [2.05, 4.69) is 46.2 Å². The number of hydrogen-bond acceptors (Lipinski definition) is 7. The highest BCUT2D eigenvalue weighted by molar-refractivity contribution is 5.91. The topological polar surface area (TPSA) is 93.2 Å². The zero-order valence-corrected chi connectivity index (χ0v) is 16.9. The summed E-state index contributed by atoms with van der Waals surface area (Å²) in [4.78, 5) is 21.0. The number of hydrogen-bond donors (Lipinski definition) is 0. The molecule has 0 aliphatic carbocycles. The Hall–Kier alpha value is -3.07. The third-order valence-corrected chi connectivity index (χ3v) is 5.07. The number of aromatic nitrogens is 5. The Kier molecular flexibility index (Phi) is 5.14. The Balaban J connectivity index is 1.59. The van der Waals surface area contributed by atoms with Crippen LogP contribution in [0.15, 0.2) is 47.3 Å². The SMILES string of the molecule is CC(C)(C)n1nnnc1[C@H](c1cccnc1)N1CCN(C(=O)c2ccco2)CC1. The fourth-order valence-corrected chi connectivity index (χ4v) is 3.64. The van der Waals surface area contributed by atoms with Crippen LogP contribution in [0.3, 0.4) is 0 Å². The van der Waals surface area contributed by atoms with E-state index in [0.717, 1.165) is 11.4 Å². The summed E-state index contributed by atoms with van der Waals surface area (Å²) in [5, 5.41) is 12.5. The molecule has 1 saturated heterocycles. The molecule has 0 N–H and O–H groups in total. The molecule has 3 aromatic heterocycles. The van der Waals surface area contributed by atoms with Crippen molar-refractivity contribution in [3.05, 3.63) is 60.1 Å². The van der Waals surface area contributed by atoms with Gasteiger partial charge in [-0.3, -0.25) is 14.7 Å². The molecule has 4 heterocycles. The van der Waals surface area contributed by atoms with E-state index in [1.807, 2.05) is 27.9 Å². The van der Waals surface area contributed by atoms with Gasteiger partial charge in [-0.25, -0.2) is 4.68 Å². The van der Waals surface area contributed by atoms with Crippen molar-refractivity contribution >= 4 is 5.91 Å². The second-order valence-electron chi connectivity index (χ2n) is 8.11. The Morgan fingerprint density at radius 2 is 1.93 bits per heavy atom.